The number of carbonyl (C=O) groups excluding carboxylic acids is 3. The average Bonchev–Trinajstić information content (AvgIpc) is 3.40. The van der Waals surface area contributed by atoms with Gasteiger partial charge in [-0.15, -0.1) is 5.10 Å². The van der Waals surface area contributed by atoms with Gasteiger partial charge in [0.05, 0.1) is 24.1 Å². The minimum atomic E-state index is -0.625. The summed E-state index contributed by atoms with van der Waals surface area (Å²) in [6, 6.07) is 6.84. The molecule has 3 amide bonds. The molecule has 0 aliphatic carbocycles. The first kappa shape index (κ1) is 19.2. The number of rotatable bonds is 4. The number of piperidine rings is 1. The molecule has 0 spiro atoms. The summed E-state index contributed by atoms with van der Waals surface area (Å²) in [7, 11) is 0. The Morgan fingerprint density at radius 1 is 1.16 bits per heavy atom. The molecular weight excluding hydrogens is 398 g/mol. The Labute approximate surface area is 177 Å². The van der Waals surface area contributed by atoms with Gasteiger partial charge in [-0.3, -0.25) is 24.4 Å². The summed E-state index contributed by atoms with van der Waals surface area (Å²) < 4.78 is 3.54. The molecule has 2 aliphatic rings. The van der Waals surface area contributed by atoms with Gasteiger partial charge in [0.1, 0.15) is 11.7 Å². The summed E-state index contributed by atoms with van der Waals surface area (Å²) >= 11 is 0. The van der Waals surface area contributed by atoms with Crippen molar-refractivity contribution in [1.29, 1.82) is 0 Å². The molecule has 4 heterocycles. The van der Waals surface area contributed by atoms with Gasteiger partial charge in [-0.2, -0.15) is 5.10 Å². The second kappa shape index (κ2) is 7.15. The van der Waals surface area contributed by atoms with Gasteiger partial charge in [-0.25, -0.2) is 4.68 Å². The number of aromatic nitrogens is 5. The maximum atomic E-state index is 12.8. The van der Waals surface area contributed by atoms with Crippen LogP contribution in [0.5, 0.6) is 0 Å². The molecule has 31 heavy (non-hydrogen) atoms. The molecule has 1 saturated heterocycles. The van der Waals surface area contributed by atoms with Gasteiger partial charge in [-0.1, -0.05) is 5.21 Å². The molecule has 10 nitrogen and oxygen atoms in total. The van der Waals surface area contributed by atoms with E-state index in [1.807, 2.05) is 42.9 Å². The van der Waals surface area contributed by atoms with Crippen molar-refractivity contribution in [2.24, 2.45) is 0 Å². The lowest BCUT2D eigenvalue weighted by atomic mass is 10.0. The monoisotopic (exact) mass is 419 g/mol. The van der Waals surface area contributed by atoms with Crippen molar-refractivity contribution in [2.75, 3.05) is 0 Å². The molecule has 3 aromatic rings. The van der Waals surface area contributed by atoms with Gasteiger partial charge < -0.3 is 4.90 Å². The minimum Gasteiger partial charge on any atom is -0.322 e. The number of carbonyl (C=O) groups is 3. The highest BCUT2D eigenvalue weighted by Gasteiger charge is 2.39. The zero-order chi connectivity index (χ0) is 21.7. The summed E-state index contributed by atoms with van der Waals surface area (Å²) in [5, 5.41) is 15.2. The highest BCUT2D eigenvalue weighted by atomic mass is 16.2. The third kappa shape index (κ3) is 3.39. The molecule has 1 aromatic carbocycles. The van der Waals surface area contributed by atoms with Gasteiger partial charge in [0.2, 0.25) is 11.8 Å². The predicted octanol–water partition coefficient (Wildman–Crippen LogP) is 0.890. The van der Waals surface area contributed by atoms with Crippen LogP contribution in [0.15, 0.2) is 30.5 Å². The molecule has 0 saturated carbocycles. The second-order valence-corrected chi connectivity index (χ2v) is 7.98. The lowest BCUT2D eigenvalue weighted by Crippen LogP contribution is -2.52. The van der Waals surface area contributed by atoms with E-state index in [-0.39, 0.29) is 18.2 Å². The molecule has 1 unspecified atom stereocenters. The SMILES string of the molecule is Cc1cc(C)n(Cc2cn(-c3ccc4c(c3)CN(C3CCC(=O)NC3=O)C4=O)nn2)n1. The third-order valence-electron chi connectivity index (χ3n) is 5.73. The fourth-order valence-corrected chi connectivity index (χ4v) is 4.19. The molecule has 2 aliphatic heterocycles. The average molecular weight is 419 g/mol. The number of benzene rings is 1. The minimum absolute atomic E-state index is 0.195. The van der Waals surface area contributed by atoms with Crippen molar-refractivity contribution >= 4 is 17.7 Å². The topological polar surface area (TPSA) is 115 Å². The van der Waals surface area contributed by atoms with Crippen molar-refractivity contribution < 1.29 is 14.4 Å². The Bertz CT molecular complexity index is 1230. The van der Waals surface area contributed by atoms with E-state index in [0.29, 0.717) is 25.1 Å². The zero-order valence-corrected chi connectivity index (χ0v) is 17.2. The molecule has 1 N–H and O–H groups in total. The van der Waals surface area contributed by atoms with Crippen LogP contribution in [0.4, 0.5) is 0 Å². The summed E-state index contributed by atoms with van der Waals surface area (Å²) in [5.41, 5.74) is 4.95. The molecule has 158 valence electrons. The van der Waals surface area contributed by atoms with Gasteiger partial charge >= 0.3 is 0 Å². The van der Waals surface area contributed by atoms with E-state index in [2.05, 4.69) is 20.7 Å². The summed E-state index contributed by atoms with van der Waals surface area (Å²) in [6.45, 7) is 4.79. The second-order valence-electron chi connectivity index (χ2n) is 7.98. The Hall–Kier alpha value is -3.82. The first-order valence-corrected chi connectivity index (χ1v) is 10.1. The van der Waals surface area contributed by atoms with Crippen LogP contribution < -0.4 is 5.32 Å². The summed E-state index contributed by atoms with van der Waals surface area (Å²) in [5.74, 6) is -0.905. The van der Waals surface area contributed by atoms with Crippen LogP contribution in [0.1, 0.15) is 45.8 Å². The molecule has 1 atom stereocenters. The highest BCUT2D eigenvalue weighted by molar-refractivity contribution is 6.05. The number of hydrogen-bond acceptors (Lipinski definition) is 6. The fourth-order valence-electron chi connectivity index (χ4n) is 4.19. The van der Waals surface area contributed by atoms with E-state index >= 15 is 0 Å². The zero-order valence-electron chi connectivity index (χ0n) is 17.2. The van der Waals surface area contributed by atoms with E-state index in [4.69, 9.17) is 0 Å². The smallest absolute Gasteiger partial charge is 0.255 e. The van der Waals surface area contributed by atoms with Crippen LogP contribution in [0.25, 0.3) is 5.69 Å². The van der Waals surface area contributed by atoms with Crippen molar-refractivity contribution in [3.63, 3.8) is 0 Å². The highest BCUT2D eigenvalue weighted by Crippen LogP contribution is 2.29. The first-order chi connectivity index (χ1) is 14.9. The Morgan fingerprint density at radius 2 is 2.00 bits per heavy atom. The van der Waals surface area contributed by atoms with E-state index in [1.54, 1.807) is 10.7 Å². The summed E-state index contributed by atoms with van der Waals surface area (Å²) in [4.78, 5) is 38.0. The van der Waals surface area contributed by atoms with Crippen LogP contribution in [0.3, 0.4) is 0 Å². The standard InChI is InChI=1S/C21H21N7O3/c1-12-7-13(2)27(24-12)10-15-11-28(25-23-15)16-3-4-17-14(8-16)9-26(21(17)31)18-5-6-19(29)22-20(18)30/h3-4,7-8,11,18H,5-6,9-10H2,1-2H3,(H,22,29,30). The van der Waals surface area contributed by atoms with E-state index in [0.717, 1.165) is 28.3 Å². The number of nitrogens with one attached hydrogen (secondary N) is 1. The van der Waals surface area contributed by atoms with E-state index < -0.39 is 11.9 Å². The number of nitrogens with zero attached hydrogens (tertiary/aromatic N) is 6. The number of amides is 3. The predicted molar refractivity (Wildman–Crippen MR) is 108 cm³/mol. The fraction of sp³-hybridized carbons (Fsp3) is 0.333. The van der Waals surface area contributed by atoms with Crippen molar-refractivity contribution in [1.82, 2.24) is 35.0 Å². The third-order valence-corrected chi connectivity index (χ3v) is 5.73. The van der Waals surface area contributed by atoms with Crippen molar-refractivity contribution in [2.45, 2.75) is 45.8 Å². The normalized spacial score (nSPS) is 18.5. The largest absolute Gasteiger partial charge is 0.322 e. The van der Waals surface area contributed by atoms with Crippen molar-refractivity contribution in [3.8, 4) is 5.69 Å². The molecular formula is C21H21N7O3. The van der Waals surface area contributed by atoms with Crippen LogP contribution in [0, 0.1) is 13.8 Å². The van der Waals surface area contributed by atoms with Crippen LogP contribution in [-0.2, 0) is 22.7 Å². The Morgan fingerprint density at radius 3 is 2.74 bits per heavy atom. The molecule has 1 fully saturated rings. The van der Waals surface area contributed by atoms with Gasteiger partial charge in [-0.05, 0) is 50.1 Å². The van der Waals surface area contributed by atoms with Gasteiger partial charge in [0.15, 0.2) is 0 Å². The molecule has 0 radical (unpaired) electrons. The van der Waals surface area contributed by atoms with Gasteiger partial charge in [0.25, 0.3) is 5.91 Å². The van der Waals surface area contributed by atoms with Crippen LogP contribution in [0.2, 0.25) is 0 Å². The molecule has 0 bridgehead atoms. The summed E-state index contributed by atoms with van der Waals surface area (Å²) in [6.07, 6.45) is 2.42. The number of aryl methyl sites for hydroxylation is 2. The van der Waals surface area contributed by atoms with Gasteiger partial charge in [0, 0.05) is 24.2 Å². The number of fused-ring (bicyclic) bond motifs is 1. The molecule has 5 rings (SSSR count). The Balaban J connectivity index is 1.36. The maximum absolute atomic E-state index is 12.8. The number of hydrogen-bond donors (Lipinski definition) is 1. The maximum Gasteiger partial charge on any atom is 0.255 e. The van der Waals surface area contributed by atoms with E-state index in [1.165, 1.54) is 4.90 Å². The van der Waals surface area contributed by atoms with Crippen LogP contribution >= 0.6 is 0 Å². The quantitative estimate of drug-likeness (QED) is 0.628. The molecule has 10 heteroatoms. The number of imide groups is 1. The Kier molecular flexibility index (Phi) is 4.42. The first-order valence-electron chi connectivity index (χ1n) is 10.1. The lowest BCUT2D eigenvalue weighted by molar-refractivity contribution is -0.136. The molecule has 2 aromatic heterocycles. The van der Waals surface area contributed by atoms with Crippen molar-refractivity contribution in [3.05, 3.63) is 58.7 Å². The lowest BCUT2D eigenvalue weighted by Gasteiger charge is -2.29. The van der Waals surface area contributed by atoms with Crippen LogP contribution in [-0.4, -0.2) is 53.4 Å². The van der Waals surface area contributed by atoms with E-state index in [9.17, 15) is 14.4 Å².